The summed E-state index contributed by atoms with van der Waals surface area (Å²) in [4.78, 5) is 8.19. The number of aryl methyl sites for hydroxylation is 1. The van der Waals surface area contributed by atoms with Crippen molar-refractivity contribution in [1.82, 2.24) is 9.97 Å². The predicted molar refractivity (Wildman–Crippen MR) is 48.6 cm³/mol. The average Bonchev–Trinajstić information content (AvgIpc) is 1.85. The summed E-state index contributed by atoms with van der Waals surface area (Å²) in [5, 5.41) is 0. The van der Waals surface area contributed by atoms with Crippen molar-refractivity contribution in [1.29, 1.82) is 0 Å². The van der Waals surface area contributed by atoms with Crippen LogP contribution in [-0.2, 0) is 0 Å². The molecule has 0 aliphatic carbocycles. The van der Waals surface area contributed by atoms with Gasteiger partial charge >= 0.3 is 0 Å². The highest BCUT2D eigenvalue weighted by molar-refractivity contribution is 9.10. The fraction of sp³-hybridized carbons (Fsp3) is 0.500. The van der Waals surface area contributed by atoms with Gasteiger partial charge in [-0.2, -0.15) is 0 Å². The van der Waals surface area contributed by atoms with Gasteiger partial charge in [-0.05, 0) is 28.8 Å². The van der Waals surface area contributed by atoms with Crippen LogP contribution < -0.4 is 0 Å². The first kappa shape index (κ1) is 8.65. The van der Waals surface area contributed by atoms with Crippen molar-refractivity contribution in [2.24, 2.45) is 0 Å². The van der Waals surface area contributed by atoms with E-state index in [4.69, 9.17) is 0 Å². The molecular formula is C8H11BrN2. The zero-order valence-electron chi connectivity index (χ0n) is 6.93. The minimum absolute atomic E-state index is 0.477. The van der Waals surface area contributed by atoms with Crippen molar-refractivity contribution in [2.75, 3.05) is 0 Å². The molecule has 0 aliphatic heterocycles. The summed E-state index contributed by atoms with van der Waals surface area (Å²) in [5.74, 6) is 0.477. The number of aromatic nitrogens is 2. The van der Waals surface area contributed by atoms with Crippen LogP contribution in [0.3, 0.4) is 0 Å². The van der Waals surface area contributed by atoms with Crippen LogP contribution in [0.15, 0.2) is 10.9 Å². The Balaban J connectivity index is 3.21. The molecule has 0 saturated heterocycles. The largest absolute Gasteiger partial charge is 0.241 e. The van der Waals surface area contributed by atoms with Gasteiger partial charge < -0.3 is 0 Å². The van der Waals surface area contributed by atoms with Crippen LogP contribution in [0.25, 0.3) is 0 Å². The molecule has 0 atom stereocenters. The molecule has 1 aromatic rings. The van der Waals surface area contributed by atoms with Crippen LogP contribution in [-0.4, -0.2) is 9.97 Å². The summed E-state index contributed by atoms with van der Waals surface area (Å²) in [6, 6.07) is 0. The van der Waals surface area contributed by atoms with E-state index in [-0.39, 0.29) is 0 Å². The molecule has 60 valence electrons. The first-order valence-corrected chi connectivity index (χ1v) is 4.39. The Kier molecular flexibility index (Phi) is 2.60. The standard InChI is InChI=1S/C8H11BrN2/c1-5(2)7-6(3)10-4-11-8(7)9/h4-5H,1-3H3. The van der Waals surface area contributed by atoms with Crippen LogP contribution in [0.5, 0.6) is 0 Å². The third-order valence-electron chi connectivity index (χ3n) is 1.61. The molecule has 11 heavy (non-hydrogen) atoms. The summed E-state index contributed by atoms with van der Waals surface area (Å²) in [6.45, 7) is 6.27. The maximum Gasteiger partial charge on any atom is 0.116 e. The lowest BCUT2D eigenvalue weighted by atomic mass is 10.0. The van der Waals surface area contributed by atoms with Crippen molar-refractivity contribution in [3.8, 4) is 0 Å². The van der Waals surface area contributed by atoms with Gasteiger partial charge in [0.05, 0.1) is 0 Å². The first-order chi connectivity index (χ1) is 5.13. The SMILES string of the molecule is Cc1ncnc(Br)c1C(C)C. The Morgan fingerprint density at radius 3 is 2.36 bits per heavy atom. The molecular weight excluding hydrogens is 204 g/mol. The summed E-state index contributed by atoms with van der Waals surface area (Å²) in [7, 11) is 0. The van der Waals surface area contributed by atoms with Gasteiger partial charge in [0, 0.05) is 11.3 Å². The number of rotatable bonds is 1. The van der Waals surface area contributed by atoms with E-state index < -0.39 is 0 Å². The molecule has 0 spiro atoms. The van der Waals surface area contributed by atoms with Gasteiger partial charge in [-0.1, -0.05) is 13.8 Å². The summed E-state index contributed by atoms with van der Waals surface area (Å²) in [5.41, 5.74) is 2.26. The molecule has 0 fully saturated rings. The van der Waals surface area contributed by atoms with E-state index in [1.54, 1.807) is 6.33 Å². The Morgan fingerprint density at radius 2 is 2.00 bits per heavy atom. The number of hydrogen-bond donors (Lipinski definition) is 0. The second-order valence-corrected chi connectivity index (χ2v) is 3.57. The van der Waals surface area contributed by atoms with Crippen molar-refractivity contribution in [2.45, 2.75) is 26.7 Å². The molecule has 0 N–H and O–H groups in total. The van der Waals surface area contributed by atoms with E-state index >= 15 is 0 Å². The van der Waals surface area contributed by atoms with Gasteiger partial charge in [0.25, 0.3) is 0 Å². The molecule has 1 aromatic heterocycles. The minimum Gasteiger partial charge on any atom is -0.241 e. The molecule has 0 bridgehead atoms. The molecule has 0 radical (unpaired) electrons. The van der Waals surface area contributed by atoms with Gasteiger partial charge in [0.15, 0.2) is 0 Å². The van der Waals surface area contributed by atoms with Crippen LogP contribution >= 0.6 is 15.9 Å². The molecule has 2 nitrogen and oxygen atoms in total. The monoisotopic (exact) mass is 214 g/mol. The second-order valence-electron chi connectivity index (χ2n) is 2.82. The Bertz CT molecular complexity index is 238. The van der Waals surface area contributed by atoms with E-state index in [2.05, 4.69) is 39.7 Å². The molecule has 0 unspecified atom stereocenters. The molecule has 0 amide bonds. The molecule has 0 aliphatic rings. The zero-order valence-corrected chi connectivity index (χ0v) is 8.51. The fourth-order valence-electron chi connectivity index (χ4n) is 1.11. The maximum atomic E-state index is 4.12. The highest BCUT2D eigenvalue weighted by Crippen LogP contribution is 2.23. The summed E-state index contributed by atoms with van der Waals surface area (Å²) < 4.78 is 0.917. The number of hydrogen-bond acceptors (Lipinski definition) is 2. The first-order valence-electron chi connectivity index (χ1n) is 3.60. The highest BCUT2D eigenvalue weighted by atomic mass is 79.9. The van der Waals surface area contributed by atoms with E-state index in [0.29, 0.717) is 5.92 Å². The number of nitrogens with zero attached hydrogens (tertiary/aromatic N) is 2. The third kappa shape index (κ3) is 1.77. The van der Waals surface area contributed by atoms with E-state index in [0.717, 1.165) is 10.3 Å². The molecule has 0 aromatic carbocycles. The molecule has 1 rings (SSSR count). The van der Waals surface area contributed by atoms with Crippen LogP contribution in [0.1, 0.15) is 31.0 Å². The van der Waals surface area contributed by atoms with E-state index in [9.17, 15) is 0 Å². The quantitative estimate of drug-likeness (QED) is 0.673. The second kappa shape index (κ2) is 3.30. The smallest absolute Gasteiger partial charge is 0.116 e. The van der Waals surface area contributed by atoms with Crippen LogP contribution in [0.4, 0.5) is 0 Å². The number of halogens is 1. The van der Waals surface area contributed by atoms with Gasteiger partial charge in [-0.15, -0.1) is 0 Å². The van der Waals surface area contributed by atoms with Gasteiger partial charge in [-0.3, -0.25) is 0 Å². The molecule has 0 saturated carbocycles. The van der Waals surface area contributed by atoms with Crippen molar-refractivity contribution >= 4 is 15.9 Å². The normalized spacial score (nSPS) is 10.6. The van der Waals surface area contributed by atoms with Crippen molar-refractivity contribution in [3.05, 3.63) is 22.2 Å². The van der Waals surface area contributed by atoms with Gasteiger partial charge in [0.2, 0.25) is 0 Å². The predicted octanol–water partition coefficient (Wildman–Crippen LogP) is 2.67. The Hall–Kier alpha value is -0.440. The maximum absolute atomic E-state index is 4.12. The topological polar surface area (TPSA) is 25.8 Å². The average molecular weight is 215 g/mol. The Morgan fingerprint density at radius 1 is 1.36 bits per heavy atom. The van der Waals surface area contributed by atoms with E-state index in [1.807, 2.05) is 6.92 Å². The van der Waals surface area contributed by atoms with Crippen LogP contribution in [0.2, 0.25) is 0 Å². The summed E-state index contributed by atoms with van der Waals surface area (Å²) in [6.07, 6.45) is 1.57. The van der Waals surface area contributed by atoms with Gasteiger partial charge in [-0.25, -0.2) is 9.97 Å². The lowest BCUT2D eigenvalue weighted by molar-refractivity contribution is 0.818. The third-order valence-corrected chi connectivity index (χ3v) is 2.24. The summed E-state index contributed by atoms with van der Waals surface area (Å²) >= 11 is 3.40. The Labute approximate surface area is 75.2 Å². The molecule has 1 heterocycles. The van der Waals surface area contributed by atoms with E-state index in [1.165, 1.54) is 5.56 Å². The van der Waals surface area contributed by atoms with Gasteiger partial charge in [0.1, 0.15) is 10.9 Å². The lowest BCUT2D eigenvalue weighted by Crippen LogP contribution is -1.98. The van der Waals surface area contributed by atoms with Crippen molar-refractivity contribution < 1.29 is 0 Å². The van der Waals surface area contributed by atoms with Crippen LogP contribution in [0, 0.1) is 6.92 Å². The minimum atomic E-state index is 0.477. The zero-order chi connectivity index (χ0) is 8.43. The molecule has 3 heteroatoms. The fourth-order valence-corrected chi connectivity index (χ4v) is 1.95. The highest BCUT2D eigenvalue weighted by Gasteiger charge is 2.08. The lowest BCUT2D eigenvalue weighted by Gasteiger charge is -2.08. The van der Waals surface area contributed by atoms with Crippen molar-refractivity contribution in [3.63, 3.8) is 0 Å².